The lowest BCUT2D eigenvalue weighted by molar-refractivity contribution is 0.173. The van der Waals surface area contributed by atoms with Crippen molar-refractivity contribution in [1.82, 2.24) is 20.5 Å². The Hall–Kier alpha value is -1.14. The van der Waals surface area contributed by atoms with E-state index in [2.05, 4.69) is 60.1 Å². The van der Waals surface area contributed by atoms with Crippen LogP contribution in [0.25, 0.3) is 0 Å². The van der Waals surface area contributed by atoms with Gasteiger partial charge < -0.3 is 10.6 Å². The number of hydrogen-bond donors (Lipinski definition) is 2. The summed E-state index contributed by atoms with van der Waals surface area (Å²) in [5.74, 6) is 0.890. The maximum Gasteiger partial charge on any atom is 0.191 e. The number of aromatic nitrogens is 1. The van der Waals surface area contributed by atoms with Crippen LogP contribution in [0.1, 0.15) is 51.6 Å². The lowest BCUT2D eigenvalue weighted by atomic mass is 10.2. The number of hydrogen-bond acceptors (Lipinski definition) is 4. The summed E-state index contributed by atoms with van der Waals surface area (Å²) in [6, 6.07) is 1.18. The first-order chi connectivity index (χ1) is 11.0. The molecule has 23 heavy (non-hydrogen) atoms. The van der Waals surface area contributed by atoms with Gasteiger partial charge in [0, 0.05) is 36.6 Å². The number of rotatable bonds is 9. The number of thiazole rings is 1. The van der Waals surface area contributed by atoms with Crippen molar-refractivity contribution < 1.29 is 0 Å². The van der Waals surface area contributed by atoms with Crippen molar-refractivity contribution in [2.45, 2.75) is 66.6 Å². The Bertz CT molecular complexity index is 459. The van der Waals surface area contributed by atoms with E-state index in [0.717, 1.165) is 37.7 Å². The molecule has 1 aromatic heterocycles. The molecule has 1 rings (SSSR count). The summed E-state index contributed by atoms with van der Waals surface area (Å²) < 4.78 is 0. The Balaban J connectivity index is 2.42. The molecule has 0 amide bonds. The predicted molar refractivity (Wildman–Crippen MR) is 101 cm³/mol. The van der Waals surface area contributed by atoms with Gasteiger partial charge in [-0.05, 0) is 48.0 Å². The number of nitrogens with zero attached hydrogens (tertiary/aromatic N) is 3. The minimum atomic E-state index is 0.589. The summed E-state index contributed by atoms with van der Waals surface area (Å²) in [5.41, 5.74) is 2.96. The standard InChI is InChI=1S/C17H33N5S/c1-7-18-17(20-11-16-15(6)21-12-23-16)19-9-8-10-22(13(2)3)14(4)5/h12-14H,7-11H2,1-6H3,(H2,18,19,20). The number of nitrogens with one attached hydrogen (secondary N) is 2. The molecule has 0 aromatic carbocycles. The van der Waals surface area contributed by atoms with Crippen molar-refractivity contribution >= 4 is 17.3 Å². The van der Waals surface area contributed by atoms with Crippen LogP contribution >= 0.6 is 11.3 Å². The second kappa shape index (κ2) is 10.6. The highest BCUT2D eigenvalue weighted by atomic mass is 32.1. The number of aryl methyl sites for hydroxylation is 1. The lowest BCUT2D eigenvalue weighted by Gasteiger charge is -2.30. The van der Waals surface area contributed by atoms with E-state index in [1.54, 1.807) is 11.3 Å². The highest BCUT2D eigenvalue weighted by molar-refractivity contribution is 7.09. The van der Waals surface area contributed by atoms with Gasteiger partial charge in [0.25, 0.3) is 0 Å². The molecule has 2 N–H and O–H groups in total. The second-order valence-corrected chi connectivity index (χ2v) is 7.20. The molecule has 0 aliphatic heterocycles. The molecule has 0 radical (unpaired) electrons. The summed E-state index contributed by atoms with van der Waals surface area (Å²) in [7, 11) is 0. The summed E-state index contributed by atoms with van der Waals surface area (Å²) >= 11 is 1.67. The molecule has 5 nitrogen and oxygen atoms in total. The van der Waals surface area contributed by atoms with E-state index < -0.39 is 0 Å². The van der Waals surface area contributed by atoms with Gasteiger partial charge >= 0.3 is 0 Å². The van der Waals surface area contributed by atoms with Gasteiger partial charge in [0.1, 0.15) is 0 Å². The van der Waals surface area contributed by atoms with E-state index in [1.807, 2.05) is 12.4 Å². The third-order valence-corrected chi connectivity index (χ3v) is 4.70. The molecular formula is C17H33N5S. The highest BCUT2D eigenvalue weighted by Crippen LogP contribution is 2.12. The third kappa shape index (κ3) is 7.31. The van der Waals surface area contributed by atoms with Crippen LogP contribution in [0, 0.1) is 6.92 Å². The first-order valence-corrected chi connectivity index (χ1v) is 9.50. The van der Waals surface area contributed by atoms with Crippen LogP contribution in [-0.4, -0.2) is 47.6 Å². The quantitative estimate of drug-likeness (QED) is 0.412. The summed E-state index contributed by atoms with van der Waals surface area (Å²) in [6.07, 6.45) is 1.11. The van der Waals surface area contributed by atoms with E-state index in [0.29, 0.717) is 18.6 Å². The molecule has 0 bridgehead atoms. The first-order valence-electron chi connectivity index (χ1n) is 8.62. The molecular weight excluding hydrogens is 306 g/mol. The largest absolute Gasteiger partial charge is 0.357 e. The fraction of sp³-hybridized carbons (Fsp3) is 0.765. The Morgan fingerprint density at radius 1 is 1.26 bits per heavy atom. The van der Waals surface area contributed by atoms with Crippen molar-refractivity contribution in [2.75, 3.05) is 19.6 Å². The fourth-order valence-electron chi connectivity index (χ4n) is 2.55. The molecule has 0 spiro atoms. The summed E-state index contributed by atoms with van der Waals surface area (Å²) in [6.45, 7) is 16.8. The molecule has 0 atom stereocenters. The van der Waals surface area contributed by atoms with E-state index in [1.165, 1.54) is 4.88 Å². The zero-order valence-electron chi connectivity index (χ0n) is 15.5. The minimum Gasteiger partial charge on any atom is -0.357 e. The zero-order chi connectivity index (χ0) is 17.2. The van der Waals surface area contributed by atoms with Crippen LogP contribution in [0.15, 0.2) is 10.5 Å². The molecule has 1 aromatic rings. The number of guanidine groups is 1. The molecule has 132 valence electrons. The minimum absolute atomic E-state index is 0.589. The van der Waals surface area contributed by atoms with Gasteiger partial charge in [-0.15, -0.1) is 11.3 Å². The van der Waals surface area contributed by atoms with Gasteiger partial charge in [-0.3, -0.25) is 4.90 Å². The monoisotopic (exact) mass is 339 g/mol. The van der Waals surface area contributed by atoms with E-state index in [4.69, 9.17) is 0 Å². The van der Waals surface area contributed by atoms with E-state index in [9.17, 15) is 0 Å². The van der Waals surface area contributed by atoms with Crippen molar-refractivity contribution in [1.29, 1.82) is 0 Å². The van der Waals surface area contributed by atoms with Gasteiger partial charge in [-0.1, -0.05) is 0 Å². The molecule has 1 heterocycles. The van der Waals surface area contributed by atoms with E-state index in [-0.39, 0.29) is 0 Å². The van der Waals surface area contributed by atoms with Crippen LogP contribution in [0.2, 0.25) is 0 Å². The van der Waals surface area contributed by atoms with Gasteiger partial charge in [-0.2, -0.15) is 0 Å². The van der Waals surface area contributed by atoms with Crippen molar-refractivity contribution in [3.05, 3.63) is 16.1 Å². The fourth-order valence-corrected chi connectivity index (χ4v) is 3.25. The first kappa shape index (κ1) is 19.9. The summed E-state index contributed by atoms with van der Waals surface area (Å²) in [5, 5.41) is 6.74. The molecule has 0 aliphatic carbocycles. The van der Waals surface area contributed by atoms with Gasteiger partial charge in [0.2, 0.25) is 0 Å². The maximum absolute atomic E-state index is 4.65. The topological polar surface area (TPSA) is 52.6 Å². The average molecular weight is 340 g/mol. The van der Waals surface area contributed by atoms with Crippen molar-refractivity contribution in [3.8, 4) is 0 Å². The Labute approximate surface area is 145 Å². The van der Waals surface area contributed by atoms with Crippen molar-refractivity contribution in [2.24, 2.45) is 4.99 Å². The maximum atomic E-state index is 4.65. The smallest absolute Gasteiger partial charge is 0.191 e. The second-order valence-electron chi connectivity index (χ2n) is 6.26. The number of aliphatic imine (C=N–C) groups is 1. The average Bonchev–Trinajstić information content (AvgIpc) is 2.88. The highest BCUT2D eigenvalue weighted by Gasteiger charge is 2.12. The molecule has 6 heteroatoms. The SMILES string of the molecule is CCNC(=NCc1scnc1C)NCCCN(C(C)C)C(C)C. The predicted octanol–water partition coefficient (Wildman–Crippen LogP) is 3.02. The van der Waals surface area contributed by atoms with Crippen LogP contribution in [-0.2, 0) is 6.54 Å². The Morgan fingerprint density at radius 3 is 2.48 bits per heavy atom. The van der Waals surface area contributed by atoms with Crippen LogP contribution in [0.3, 0.4) is 0 Å². The molecule has 0 unspecified atom stereocenters. The zero-order valence-corrected chi connectivity index (χ0v) is 16.3. The van der Waals surface area contributed by atoms with Gasteiger partial charge in [0.05, 0.1) is 17.7 Å². The Morgan fingerprint density at radius 2 is 1.96 bits per heavy atom. The molecule has 0 fully saturated rings. The van der Waals surface area contributed by atoms with Crippen LogP contribution in [0.4, 0.5) is 0 Å². The van der Waals surface area contributed by atoms with Crippen LogP contribution < -0.4 is 10.6 Å². The van der Waals surface area contributed by atoms with Gasteiger partial charge in [0.15, 0.2) is 5.96 Å². The lowest BCUT2D eigenvalue weighted by Crippen LogP contribution is -2.41. The van der Waals surface area contributed by atoms with Crippen molar-refractivity contribution in [3.63, 3.8) is 0 Å². The van der Waals surface area contributed by atoms with Gasteiger partial charge in [-0.25, -0.2) is 9.98 Å². The van der Waals surface area contributed by atoms with E-state index >= 15 is 0 Å². The Kier molecular flexibility index (Phi) is 9.17. The third-order valence-electron chi connectivity index (χ3n) is 3.78. The molecule has 0 saturated carbocycles. The molecule has 0 aliphatic rings. The normalized spacial score (nSPS) is 12.5. The van der Waals surface area contributed by atoms with Crippen LogP contribution in [0.5, 0.6) is 0 Å². The molecule has 0 saturated heterocycles. The summed E-state index contributed by atoms with van der Waals surface area (Å²) in [4.78, 5) is 12.7.